The molecule has 6 nitrogen and oxygen atoms in total. The molecule has 1 aromatic rings. The molecule has 1 rings (SSSR count). The second-order valence-corrected chi connectivity index (χ2v) is 3.57. The van der Waals surface area contributed by atoms with E-state index in [9.17, 15) is 9.59 Å². The molecule has 0 radical (unpaired) electrons. The fourth-order valence-corrected chi connectivity index (χ4v) is 1.18. The largest absolute Gasteiger partial charge is 0.397 e. The third kappa shape index (κ3) is 3.75. The number of carbonyl (C=O) groups is 2. The molecule has 0 aromatic carbocycles. The van der Waals surface area contributed by atoms with Gasteiger partial charge in [0.1, 0.15) is 0 Å². The highest BCUT2D eigenvalue weighted by atomic mass is 16.7. The standard InChI is InChI=1S/C11H15N3O3/c1-3-4-10(15)17-14-11(16)8-5-7(2)13-6-9(8)12/h5-6H,3-4,12H2,1-2H3,(H,14,16). The normalized spacial score (nSPS) is 9.76. The highest BCUT2D eigenvalue weighted by Crippen LogP contribution is 2.10. The van der Waals surface area contributed by atoms with Gasteiger partial charge < -0.3 is 10.6 Å². The van der Waals surface area contributed by atoms with Gasteiger partial charge in [0.25, 0.3) is 5.91 Å². The lowest BCUT2D eigenvalue weighted by Crippen LogP contribution is -2.27. The van der Waals surface area contributed by atoms with Crippen LogP contribution in [0.3, 0.4) is 0 Å². The van der Waals surface area contributed by atoms with Crippen LogP contribution in [0.4, 0.5) is 5.69 Å². The molecule has 0 unspecified atom stereocenters. The van der Waals surface area contributed by atoms with Gasteiger partial charge in [0.2, 0.25) is 0 Å². The van der Waals surface area contributed by atoms with Gasteiger partial charge in [0, 0.05) is 12.1 Å². The summed E-state index contributed by atoms with van der Waals surface area (Å²) in [4.78, 5) is 31.2. The van der Waals surface area contributed by atoms with Crippen molar-refractivity contribution in [1.82, 2.24) is 10.5 Å². The molecule has 0 bridgehead atoms. The van der Waals surface area contributed by atoms with E-state index in [1.165, 1.54) is 12.3 Å². The van der Waals surface area contributed by atoms with E-state index in [-0.39, 0.29) is 17.7 Å². The SMILES string of the molecule is CCCC(=O)ONC(=O)c1cc(C)ncc1N. The monoisotopic (exact) mass is 237 g/mol. The molecule has 0 atom stereocenters. The van der Waals surface area contributed by atoms with Crippen LogP contribution in [-0.4, -0.2) is 16.9 Å². The molecule has 0 aliphatic rings. The van der Waals surface area contributed by atoms with E-state index in [2.05, 4.69) is 15.3 Å². The lowest BCUT2D eigenvalue weighted by Gasteiger charge is -2.07. The summed E-state index contributed by atoms with van der Waals surface area (Å²) in [7, 11) is 0. The number of aryl methyl sites for hydroxylation is 1. The highest BCUT2D eigenvalue weighted by Gasteiger charge is 2.12. The van der Waals surface area contributed by atoms with Crippen molar-refractivity contribution in [2.45, 2.75) is 26.7 Å². The van der Waals surface area contributed by atoms with Crippen molar-refractivity contribution in [3.63, 3.8) is 0 Å². The average molecular weight is 237 g/mol. The Morgan fingerprint density at radius 3 is 2.88 bits per heavy atom. The van der Waals surface area contributed by atoms with Gasteiger partial charge >= 0.3 is 5.97 Å². The molecule has 3 N–H and O–H groups in total. The van der Waals surface area contributed by atoms with Crippen LogP contribution < -0.4 is 11.2 Å². The molecule has 1 heterocycles. The molecule has 0 aliphatic carbocycles. The number of nitrogens with one attached hydrogen (secondary N) is 1. The summed E-state index contributed by atoms with van der Waals surface area (Å²) in [6, 6.07) is 1.53. The van der Waals surface area contributed by atoms with Gasteiger partial charge in [-0.25, -0.2) is 4.79 Å². The van der Waals surface area contributed by atoms with Crippen LogP contribution in [0.25, 0.3) is 0 Å². The molecule has 0 spiro atoms. The third-order valence-electron chi connectivity index (χ3n) is 2.03. The zero-order chi connectivity index (χ0) is 12.8. The molecule has 17 heavy (non-hydrogen) atoms. The topological polar surface area (TPSA) is 94.3 Å². The first-order chi connectivity index (χ1) is 8.04. The molecule has 1 amide bonds. The van der Waals surface area contributed by atoms with E-state index < -0.39 is 11.9 Å². The number of aromatic nitrogens is 1. The highest BCUT2D eigenvalue weighted by molar-refractivity contribution is 5.98. The van der Waals surface area contributed by atoms with Crippen LogP contribution in [0.2, 0.25) is 0 Å². The molecule has 6 heteroatoms. The van der Waals surface area contributed by atoms with Gasteiger partial charge in [-0.2, -0.15) is 5.48 Å². The Kier molecular flexibility index (Phi) is 4.45. The molecule has 92 valence electrons. The molecule has 0 fully saturated rings. The minimum atomic E-state index is -0.558. The Balaban J connectivity index is 2.64. The fourth-order valence-electron chi connectivity index (χ4n) is 1.18. The van der Waals surface area contributed by atoms with E-state index in [1.807, 2.05) is 6.92 Å². The maximum atomic E-state index is 11.6. The van der Waals surface area contributed by atoms with Crippen LogP contribution in [-0.2, 0) is 9.63 Å². The summed E-state index contributed by atoms with van der Waals surface area (Å²) >= 11 is 0. The van der Waals surface area contributed by atoms with E-state index >= 15 is 0 Å². The van der Waals surface area contributed by atoms with Crippen molar-refractivity contribution < 1.29 is 14.4 Å². The smallest absolute Gasteiger partial charge is 0.332 e. The third-order valence-corrected chi connectivity index (χ3v) is 2.03. The average Bonchev–Trinajstić information content (AvgIpc) is 2.29. The number of anilines is 1. The van der Waals surface area contributed by atoms with E-state index in [0.29, 0.717) is 12.1 Å². The van der Waals surface area contributed by atoms with Crippen molar-refractivity contribution in [3.8, 4) is 0 Å². The first kappa shape index (κ1) is 13.0. The van der Waals surface area contributed by atoms with E-state index in [1.54, 1.807) is 6.92 Å². The molecule has 0 saturated heterocycles. The number of hydrogen-bond donors (Lipinski definition) is 2. The van der Waals surface area contributed by atoms with Crippen LogP contribution in [0.15, 0.2) is 12.3 Å². The second-order valence-electron chi connectivity index (χ2n) is 3.57. The summed E-state index contributed by atoms with van der Waals surface area (Å²) in [5.74, 6) is -1.04. The van der Waals surface area contributed by atoms with Crippen molar-refractivity contribution in [2.24, 2.45) is 0 Å². The predicted octanol–water partition coefficient (Wildman–Crippen LogP) is 0.960. The van der Waals surface area contributed by atoms with E-state index in [0.717, 1.165) is 0 Å². The number of amides is 1. The molecule has 0 aliphatic heterocycles. The first-order valence-electron chi connectivity index (χ1n) is 5.26. The lowest BCUT2D eigenvalue weighted by atomic mass is 10.2. The number of rotatable bonds is 3. The Bertz CT molecular complexity index is 432. The minimum absolute atomic E-state index is 0.236. The Morgan fingerprint density at radius 1 is 1.53 bits per heavy atom. The van der Waals surface area contributed by atoms with Crippen LogP contribution in [0.1, 0.15) is 35.8 Å². The van der Waals surface area contributed by atoms with Gasteiger partial charge in [-0.3, -0.25) is 9.78 Å². The predicted molar refractivity (Wildman–Crippen MR) is 61.9 cm³/mol. The Morgan fingerprint density at radius 2 is 2.24 bits per heavy atom. The van der Waals surface area contributed by atoms with Crippen molar-refractivity contribution in [1.29, 1.82) is 0 Å². The Hall–Kier alpha value is -2.11. The molecular formula is C11H15N3O3. The van der Waals surface area contributed by atoms with Crippen molar-refractivity contribution in [3.05, 3.63) is 23.5 Å². The number of nitrogens with zero attached hydrogens (tertiary/aromatic N) is 1. The van der Waals surface area contributed by atoms with Gasteiger partial charge in [-0.15, -0.1) is 0 Å². The number of hydroxylamine groups is 1. The molecule has 0 saturated carbocycles. The summed E-state index contributed by atoms with van der Waals surface area (Å²) in [6.45, 7) is 3.58. The zero-order valence-corrected chi connectivity index (χ0v) is 9.82. The number of nitrogen functional groups attached to an aromatic ring is 1. The summed E-state index contributed by atoms with van der Waals surface area (Å²) in [5, 5.41) is 0. The van der Waals surface area contributed by atoms with Gasteiger partial charge in [0.15, 0.2) is 0 Å². The molecular weight excluding hydrogens is 222 g/mol. The zero-order valence-electron chi connectivity index (χ0n) is 9.82. The van der Waals surface area contributed by atoms with Crippen LogP contribution >= 0.6 is 0 Å². The summed E-state index contributed by atoms with van der Waals surface area (Å²) < 4.78 is 0. The van der Waals surface area contributed by atoms with Gasteiger partial charge in [0.05, 0.1) is 17.4 Å². The lowest BCUT2D eigenvalue weighted by molar-refractivity contribution is -0.149. The van der Waals surface area contributed by atoms with Gasteiger partial charge in [-0.1, -0.05) is 6.92 Å². The summed E-state index contributed by atoms with van der Waals surface area (Å²) in [5.41, 5.74) is 8.78. The Labute approximate surface area is 99.1 Å². The van der Waals surface area contributed by atoms with E-state index in [4.69, 9.17) is 5.73 Å². The van der Waals surface area contributed by atoms with Crippen LogP contribution in [0.5, 0.6) is 0 Å². The maximum absolute atomic E-state index is 11.6. The van der Waals surface area contributed by atoms with Crippen LogP contribution in [0, 0.1) is 6.92 Å². The summed E-state index contributed by atoms with van der Waals surface area (Å²) in [6.07, 6.45) is 2.30. The maximum Gasteiger partial charge on any atom is 0.332 e. The fraction of sp³-hybridized carbons (Fsp3) is 0.364. The second kappa shape index (κ2) is 5.83. The number of pyridine rings is 1. The van der Waals surface area contributed by atoms with Gasteiger partial charge in [-0.05, 0) is 19.4 Å². The molecule has 1 aromatic heterocycles. The van der Waals surface area contributed by atoms with Crippen molar-refractivity contribution in [2.75, 3.05) is 5.73 Å². The van der Waals surface area contributed by atoms with Crippen molar-refractivity contribution >= 4 is 17.6 Å². The quantitative estimate of drug-likeness (QED) is 0.763. The first-order valence-corrected chi connectivity index (χ1v) is 5.26. The number of nitrogens with two attached hydrogens (primary N) is 1. The number of carbonyl (C=O) groups excluding carboxylic acids is 2. The number of hydrogen-bond acceptors (Lipinski definition) is 5. The minimum Gasteiger partial charge on any atom is -0.397 e.